The average Bonchev–Trinajstić information content (AvgIpc) is 3.51. The Balaban J connectivity index is 1.75. The van der Waals surface area contributed by atoms with E-state index < -0.39 is 5.60 Å². The number of rotatable bonds is 5. The van der Waals surface area contributed by atoms with E-state index in [1.807, 2.05) is 74.2 Å². The fourth-order valence-corrected chi connectivity index (χ4v) is 5.27. The van der Waals surface area contributed by atoms with Gasteiger partial charge in [-0.2, -0.15) is 0 Å². The molecule has 6 aromatic rings. The van der Waals surface area contributed by atoms with Crippen molar-refractivity contribution >= 4 is 22.1 Å². The van der Waals surface area contributed by atoms with Gasteiger partial charge in [0.1, 0.15) is 17.2 Å². The molecule has 1 radical (unpaired) electrons. The molecule has 0 saturated heterocycles. The van der Waals surface area contributed by atoms with Crippen molar-refractivity contribution in [3.63, 3.8) is 0 Å². The minimum atomic E-state index is -1.28. The molecule has 9 heteroatoms. The van der Waals surface area contributed by atoms with E-state index in [1.54, 1.807) is 24.0 Å². The predicted molar refractivity (Wildman–Crippen MR) is 142 cm³/mol. The summed E-state index contributed by atoms with van der Waals surface area (Å²) in [4.78, 5) is 14.4. The fourth-order valence-electron chi connectivity index (χ4n) is 5.27. The summed E-state index contributed by atoms with van der Waals surface area (Å²) in [6.45, 7) is 7.60. The minimum absolute atomic E-state index is 0.338. The summed E-state index contributed by atoms with van der Waals surface area (Å²) in [6, 6.07) is 15.5. The van der Waals surface area contributed by atoms with Gasteiger partial charge >= 0.3 is 0 Å². The molecule has 9 nitrogen and oxygen atoms in total. The van der Waals surface area contributed by atoms with E-state index in [0.29, 0.717) is 5.69 Å². The van der Waals surface area contributed by atoms with Gasteiger partial charge in [0.15, 0.2) is 0 Å². The molecular weight excluding hydrogens is 464 g/mol. The van der Waals surface area contributed by atoms with Crippen LogP contribution < -0.4 is 0 Å². The Bertz CT molecular complexity index is 1680. The fraction of sp³-hybridized carbons (Fsp3) is 0.214. The molecule has 0 amide bonds. The van der Waals surface area contributed by atoms with Crippen molar-refractivity contribution in [3.05, 3.63) is 96.8 Å². The van der Waals surface area contributed by atoms with E-state index in [2.05, 4.69) is 27.9 Å². The lowest BCUT2D eigenvalue weighted by Crippen LogP contribution is -2.20. The summed E-state index contributed by atoms with van der Waals surface area (Å²) in [5.41, 5.74) is 7.25. The summed E-state index contributed by atoms with van der Waals surface area (Å²) in [5, 5.41) is 19.3. The van der Waals surface area contributed by atoms with E-state index in [9.17, 15) is 5.11 Å². The quantitative estimate of drug-likeness (QED) is 0.390. The van der Waals surface area contributed by atoms with Crippen LogP contribution in [0.2, 0.25) is 0 Å². The van der Waals surface area contributed by atoms with Gasteiger partial charge in [0, 0.05) is 38.2 Å². The molecule has 6 heterocycles. The van der Waals surface area contributed by atoms with Gasteiger partial charge in [0.05, 0.1) is 45.0 Å². The van der Waals surface area contributed by atoms with Gasteiger partial charge in [0.2, 0.25) is 0 Å². The highest BCUT2D eigenvalue weighted by molar-refractivity contribution is 6.06. The highest BCUT2D eigenvalue weighted by Crippen LogP contribution is 2.40. The molecule has 37 heavy (non-hydrogen) atoms. The highest BCUT2D eigenvalue weighted by atomic mass is 16.3. The van der Waals surface area contributed by atoms with Crippen LogP contribution in [0.25, 0.3) is 33.3 Å². The van der Waals surface area contributed by atoms with E-state index >= 15 is 0 Å². The van der Waals surface area contributed by atoms with Crippen LogP contribution in [0.1, 0.15) is 35.7 Å². The Kier molecular flexibility index (Phi) is 5.20. The van der Waals surface area contributed by atoms with Gasteiger partial charge in [-0.1, -0.05) is 17.3 Å². The van der Waals surface area contributed by atoms with Gasteiger partial charge in [0.25, 0.3) is 0 Å². The molecular formula is C28H27N8O. The lowest BCUT2D eigenvalue weighted by Gasteiger charge is -2.21. The number of pyridine rings is 3. The van der Waals surface area contributed by atoms with Gasteiger partial charge in [-0.25, -0.2) is 4.68 Å². The van der Waals surface area contributed by atoms with Crippen LogP contribution in [-0.4, -0.2) is 44.2 Å². The molecule has 6 aromatic heterocycles. The third-order valence-corrected chi connectivity index (χ3v) is 6.84. The zero-order valence-electron chi connectivity index (χ0n) is 21.2. The molecule has 6 rings (SSSR count). The van der Waals surface area contributed by atoms with Crippen LogP contribution in [0.15, 0.2) is 67.1 Å². The zero-order chi connectivity index (χ0) is 25.9. The third kappa shape index (κ3) is 3.62. The Morgan fingerprint density at radius 3 is 2.16 bits per heavy atom. The number of hydrogen-bond donors (Lipinski definition) is 1. The summed E-state index contributed by atoms with van der Waals surface area (Å²) < 4.78 is 5.94. The van der Waals surface area contributed by atoms with Crippen LogP contribution in [0.4, 0.5) is 0 Å². The largest absolute Gasteiger partial charge is 0.384 e. The van der Waals surface area contributed by atoms with Crippen LogP contribution in [0.5, 0.6) is 0 Å². The number of fused-ring (bicyclic) bond motifs is 3. The molecule has 185 valence electrons. The smallest absolute Gasteiger partial charge is 0.119 e. The van der Waals surface area contributed by atoms with E-state index in [0.717, 1.165) is 50.4 Å². The first kappa shape index (κ1) is 23.1. The molecule has 0 spiro atoms. The Morgan fingerprint density at radius 1 is 0.946 bits per heavy atom. The van der Waals surface area contributed by atoms with Crippen molar-refractivity contribution in [2.24, 2.45) is 14.1 Å². The van der Waals surface area contributed by atoms with Gasteiger partial charge in [-0.15, -0.1) is 5.10 Å². The molecule has 0 aliphatic rings. The number of aryl methyl sites for hydroxylation is 3. The SMILES string of the molecule is [CH2]C(C)(O)c1cc2c(c3ncc(-c4c(C)nnn4C)cc3n2C(c2ccccn2)c2ccccn2)n1C. The second-order valence-electron chi connectivity index (χ2n) is 9.62. The highest BCUT2D eigenvalue weighted by Gasteiger charge is 2.30. The maximum Gasteiger partial charge on any atom is 0.119 e. The molecule has 0 aliphatic carbocycles. The van der Waals surface area contributed by atoms with Crippen molar-refractivity contribution in [3.8, 4) is 11.3 Å². The molecule has 0 aliphatic heterocycles. The normalized spacial score (nSPS) is 12.3. The standard InChI is InChI=1S/C28H27N8O/c1-17-25(35(5)33-32-17)18-14-21-24(31-16-18)27-22(15-23(34(27)4)28(2,3)37)36(21)26(19-10-6-8-12-29-19)20-11-7-9-13-30-20/h6-16,26,37H,2H2,1,3-5H3. The van der Waals surface area contributed by atoms with Gasteiger partial charge in [-0.05, 0) is 57.2 Å². The number of nitrogens with zero attached hydrogens (tertiary/aromatic N) is 8. The predicted octanol–water partition coefficient (Wildman–Crippen LogP) is 4.10. The van der Waals surface area contributed by atoms with Crippen LogP contribution in [-0.2, 0) is 19.7 Å². The number of aliphatic hydroxyl groups is 1. The zero-order valence-corrected chi connectivity index (χ0v) is 21.2. The lowest BCUT2D eigenvalue weighted by molar-refractivity contribution is 0.100. The molecule has 0 aromatic carbocycles. The van der Waals surface area contributed by atoms with Crippen LogP contribution in [0, 0.1) is 13.8 Å². The molecule has 0 bridgehead atoms. The molecule has 0 saturated carbocycles. The first-order chi connectivity index (χ1) is 17.8. The lowest BCUT2D eigenvalue weighted by atomic mass is 10.1. The average molecular weight is 492 g/mol. The van der Waals surface area contributed by atoms with Crippen molar-refractivity contribution in [1.82, 2.24) is 39.1 Å². The van der Waals surface area contributed by atoms with Gasteiger partial charge in [-0.3, -0.25) is 15.0 Å². The summed E-state index contributed by atoms with van der Waals surface area (Å²) in [7, 11) is 3.81. The van der Waals surface area contributed by atoms with Crippen molar-refractivity contribution in [2.75, 3.05) is 0 Å². The second-order valence-corrected chi connectivity index (χ2v) is 9.62. The Morgan fingerprint density at radius 2 is 1.62 bits per heavy atom. The molecule has 1 atom stereocenters. The van der Waals surface area contributed by atoms with E-state index in [-0.39, 0.29) is 6.04 Å². The maximum atomic E-state index is 10.9. The van der Waals surface area contributed by atoms with E-state index in [1.165, 1.54) is 0 Å². The number of hydrogen-bond acceptors (Lipinski definition) is 6. The number of aromatic nitrogens is 8. The molecule has 1 unspecified atom stereocenters. The topological polar surface area (TPSA) is 99.5 Å². The third-order valence-electron chi connectivity index (χ3n) is 6.84. The molecule has 0 fully saturated rings. The summed E-state index contributed by atoms with van der Waals surface area (Å²) in [5.74, 6) is 0. The van der Waals surface area contributed by atoms with E-state index in [4.69, 9.17) is 15.0 Å². The summed E-state index contributed by atoms with van der Waals surface area (Å²) >= 11 is 0. The van der Waals surface area contributed by atoms with Gasteiger partial charge < -0.3 is 14.2 Å². The first-order valence-corrected chi connectivity index (χ1v) is 12.0. The van der Waals surface area contributed by atoms with Crippen LogP contribution >= 0.6 is 0 Å². The van der Waals surface area contributed by atoms with Crippen LogP contribution in [0.3, 0.4) is 0 Å². The monoisotopic (exact) mass is 491 g/mol. The Hall–Kier alpha value is -4.37. The van der Waals surface area contributed by atoms with Crippen molar-refractivity contribution in [1.29, 1.82) is 0 Å². The minimum Gasteiger partial charge on any atom is -0.384 e. The van der Waals surface area contributed by atoms with Crippen molar-refractivity contribution < 1.29 is 5.11 Å². The first-order valence-electron chi connectivity index (χ1n) is 12.0. The summed E-state index contributed by atoms with van der Waals surface area (Å²) in [6.07, 6.45) is 5.43. The second kappa shape index (κ2) is 8.35. The maximum absolute atomic E-state index is 10.9. The van der Waals surface area contributed by atoms with Crippen molar-refractivity contribution in [2.45, 2.75) is 25.5 Å². The Labute approximate surface area is 214 Å². The molecule has 1 N–H and O–H groups in total.